The average Bonchev–Trinajstić information content (AvgIpc) is 2.46. The van der Waals surface area contributed by atoms with Crippen molar-refractivity contribution in [3.05, 3.63) is 64.6 Å². The van der Waals surface area contributed by atoms with Crippen LogP contribution in [0.1, 0.15) is 5.56 Å². The first-order valence-corrected chi connectivity index (χ1v) is 6.18. The molecular weight excluding hydrogens is 238 g/mol. The standard InChI is InChI=1S/C15H11N3O/c19-15-17-12-7-3-2-6-11(12)14-16-9-10-5-1-4-8-13(10)18(14)15/h1-8,16H,9H2. The van der Waals surface area contributed by atoms with Crippen LogP contribution in [-0.2, 0) is 6.54 Å². The van der Waals surface area contributed by atoms with Crippen molar-refractivity contribution < 1.29 is 0 Å². The van der Waals surface area contributed by atoms with E-state index in [1.165, 1.54) is 0 Å². The Balaban J connectivity index is 2.18. The Morgan fingerprint density at radius 2 is 1.84 bits per heavy atom. The van der Waals surface area contributed by atoms with Gasteiger partial charge in [0.15, 0.2) is 0 Å². The van der Waals surface area contributed by atoms with E-state index in [0.29, 0.717) is 0 Å². The molecule has 1 aromatic heterocycles. The average molecular weight is 249 g/mol. The molecule has 3 aromatic rings. The van der Waals surface area contributed by atoms with E-state index in [9.17, 15) is 4.79 Å². The van der Waals surface area contributed by atoms with Crippen LogP contribution < -0.4 is 11.0 Å². The predicted octanol–water partition coefficient (Wildman–Crippen LogP) is 2.31. The SMILES string of the molecule is O=c1nc2ccccc2c2n1-c1ccccc1CN2. The molecule has 1 aliphatic heterocycles. The summed E-state index contributed by atoms with van der Waals surface area (Å²) in [4.78, 5) is 16.4. The molecule has 0 saturated heterocycles. The smallest absolute Gasteiger partial charge is 0.354 e. The van der Waals surface area contributed by atoms with Crippen LogP contribution in [0.4, 0.5) is 5.82 Å². The molecular formula is C15H11N3O. The fourth-order valence-electron chi connectivity index (χ4n) is 2.60. The van der Waals surface area contributed by atoms with Crippen molar-refractivity contribution >= 4 is 16.7 Å². The molecule has 1 N–H and O–H groups in total. The second kappa shape index (κ2) is 3.68. The summed E-state index contributed by atoms with van der Waals surface area (Å²) >= 11 is 0. The maximum atomic E-state index is 12.3. The molecule has 0 unspecified atom stereocenters. The second-order valence-corrected chi connectivity index (χ2v) is 4.58. The van der Waals surface area contributed by atoms with Gasteiger partial charge in [0.2, 0.25) is 0 Å². The largest absolute Gasteiger partial charge is 0.366 e. The number of hydrogen-bond donors (Lipinski definition) is 1. The monoisotopic (exact) mass is 249 g/mol. The third kappa shape index (κ3) is 1.40. The van der Waals surface area contributed by atoms with Crippen LogP contribution in [0, 0.1) is 0 Å². The van der Waals surface area contributed by atoms with Crippen molar-refractivity contribution in [3.8, 4) is 5.69 Å². The zero-order chi connectivity index (χ0) is 12.8. The van der Waals surface area contributed by atoms with Gasteiger partial charge in [0.25, 0.3) is 0 Å². The molecule has 0 atom stereocenters. The van der Waals surface area contributed by atoms with Gasteiger partial charge in [0, 0.05) is 11.9 Å². The van der Waals surface area contributed by atoms with Gasteiger partial charge in [0.1, 0.15) is 5.82 Å². The lowest BCUT2D eigenvalue weighted by Gasteiger charge is -2.23. The van der Waals surface area contributed by atoms with E-state index in [-0.39, 0.29) is 5.69 Å². The third-order valence-electron chi connectivity index (χ3n) is 3.47. The second-order valence-electron chi connectivity index (χ2n) is 4.58. The Morgan fingerprint density at radius 3 is 2.79 bits per heavy atom. The lowest BCUT2D eigenvalue weighted by molar-refractivity contribution is 0.877. The van der Waals surface area contributed by atoms with Gasteiger partial charge in [-0.3, -0.25) is 0 Å². The summed E-state index contributed by atoms with van der Waals surface area (Å²) < 4.78 is 1.65. The maximum absolute atomic E-state index is 12.3. The normalized spacial score (nSPS) is 12.6. The summed E-state index contributed by atoms with van der Waals surface area (Å²) in [6.07, 6.45) is 0. The fraction of sp³-hybridized carbons (Fsp3) is 0.0667. The van der Waals surface area contributed by atoms with Gasteiger partial charge in [-0.05, 0) is 23.8 Å². The Labute approximate surface area is 109 Å². The number of aromatic nitrogens is 2. The van der Waals surface area contributed by atoms with E-state index in [1.54, 1.807) is 4.57 Å². The van der Waals surface area contributed by atoms with E-state index in [0.717, 1.165) is 34.5 Å². The number of benzene rings is 2. The van der Waals surface area contributed by atoms with E-state index in [2.05, 4.69) is 10.3 Å². The minimum Gasteiger partial charge on any atom is -0.366 e. The van der Waals surface area contributed by atoms with Gasteiger partial charge in [0.05, 0.1) is 11.2 Å². The molecule has 2 aromatic carbocycles. The van der Waals surface area contributed by atoms with Crippen molar-refractivity contribution in [1.29, 1.82) is 0 Å². The topological polar surface area (TPSA) is 46.9 Å². The first-order valence-electron chi connectivity index (χ1n) is 6.18. The fourth-order valence-corrected chi connectivity index (χ4v) is 2.60. The van der Waals surface area contributed by atoms with Crippen LogP contribution in [0.15, 0.2) is 53.3 Å². The van der Waals surface area contributed by atoms with Gasteiger partial charge >= 0.3 is 5.69 Å². The quantitative estimate of drug-likeness (QED) is 0.665. The maximum Gasteiger partial charge on any atom is 0.354 e. The van der Waals surface area contributed by atoms with Crippen molar-refractivity contribution in [3.63, 3.8) is 0 Å². The molecule has 1 aliphatic rings. The molecule has 0 amide bonds. The van der Waals surface area contributed by atoms with E-state index in [1.807, 2.05) is 48.5 Å². The number of fused-ring (bicyclic) bond motifs is 5. The molecule has 4 rings (SSSR count). The van der Waals surface area contributed by atoms with Crippen LogP contribution in [0.5, 0.6) is 0 Å². The van der Waals surface area contributed by atoms with E-state index < -0.39 is 0 Å². The summed E-state index contributed by atoms with van der Waals surface area (Å²) in [5, 5.41) is 4.29. The lowest BCUT2D eigenvalue weighted by Crippen LogP contribution is -2.29. The molecule has 92 valence electrons. The molecule has 0 bridgehead atoms. The molecule has 0 radical (unpaired) electrons. The summed E-state index contributed by atoms with van der Waals surface area (Å²) in [6, 6.07) is 15.6. The highest BCUT2D eigenvalue weighted by Crippen LogP contribution is 2.28. The predicted molar refractivity (Wildman–Crippen MR) is 74.7 cm³/mol. The van der Waals surface area contributed by atoms with Crippen LogP contribution in [0.25, 0.3) is 16.6 Å². The Hall–Kier alpha value is -2.62. The van der Waals surface area contributed by atoms with Gasteiger partial charge in [-0.25, -0.2) is 9.36 Å². The molecule has 0 saturated carbocycles. The molecule has 0 spiro atoms. The first kappa shape index (κ1) is 10.3. The highest BCUT2D eigenvalue weighted by Gasteiger charge is 2.18. The van der Waals surface area contributed by atoms with Crippen molar-refractivity contribution in [2.24, 2.45) is 0 Å². The highest BCUT2D eigenvalue weighted by molar-refractivity contribution is 5.90. The van der Waals surface area contributed by atoms with Crippen LogP contribution in [0.2, 0.25) is 0 Å². The number of hydrogen-bond acceptors (Lipinski definition) is 3. The Bertz CT molecular complexity index is 851. The number of para-hydroxylation sites is 2. The third-order valence-corrected chi connectivity index (χ3v) is 3.47. The van der Waals surface area contributed by atoms with Crippen molar-refractivity contribution in [2.75, 3.05) is 5.32 Å². The Kier molecular flexibility index (Phi) is 2.00. The highest BCUT2D eigenvalue weighted by atomic mass is 16.1. The van der Waals surface area contributed by atoms with Crippen molar-refractivity contribution in [1.82, 2.24) is 9.55 Å². The number of anilines is 1. The number of rotatable bonds is 0. The van der Waals surface area contributed by atoms with Gasteiger partial charge < -0.3 is 5.32 Å². The van der Waals surface area contributed by atoms with Gasteiger partial charge in [-0.15, -0.1) is 0 Å². The van der Waals surface area contributed by atoms with Crippen LogP contribution >= 0.6 is 0 Å². The molecule has 0 aliphatic carbocycles. The van der Waals surface area contributed by atoms with E-state index >= 15 is 0 Å². The number of nitrogens with zero attached hydrogens (tertiary/aromatic N) is 2. The zero-order valence-electron chi connectivity index (χ0n) is 10.1. The molecule has 0 fully saturated rings. The zero-order valence-corrected chi connectivity index (χ0v) is 10.1. The van der Waals surface area contributed by atoms with Crippen molar-refractivity contribution in [2.45, 2.75) is 6.54 Å². The minimum absolute atomic E-state index is 0.242. The Morgan fingerprint density at radius 1 is 1.05 bits per heavy atom. The molecule has 4 nitrogen and oxygen atoms in total. The summed E-state index contributed by atoms with van der Waals surface area (Å²) in [7, 11) is 0. The summed E-state index contributed by atoms with van der Waals surface area (Å²) in [5.74, 6) is 0.828. The van der Waals surface area contributed by atoms with Crippen LogP contribution in [0.3, 0.4) is 0 Å². The molecule has 4 heteroatoms. The summed E-state index contributed by atoms with van der Waals surface area (Å²) in [6.45, 7) is 0.726. The van der Waals surface area contributed by atoms with Gasteiger partial charge in [-0.2, -0.15) is 4.98 Å². The van der Waals surface area contributed by atoms with Gasteiger partial charge in [-0.1, -0.05) is 30.3 Å². The van der Waals surface area contributed by atoms with Crippen LogP contribution in [-0.4, -0.2) is 9.55 Å². The number of nitrogens with one attached hydrogen (secondary N) is 1. The first-order chi connectivity index (χ1) is 9.34. The summed E-state index contributed by atoms with van der Waals surface area (Å²) in [5.41, 5.74) is 2.51. The molecule has 19 heavy (non-hydrogen) atoms. The lowest BCUT2D eigenvalue weighted by atomic mass is 10.1. The van der Waals surface area contributed by atoms with E-state index in [4.69, 9.17) is 0 Å². The molecule has 2 heterocycles. The minimum atomic E-state index is -0.242.